The molecule has 0 aliphatic rings. The molecule has 0 fully saturated rings. The van der Waals surface area contributed by atoms with Gasteiger partial charge in [0.25, 0.3) is 0 Å². The SMILES string of the molecule is CC(C)=NOCCCCCOc1c(Cl)cc(OCC=C(Cl)Cl)cc1C(F)(F)F. The van der Waals surface area contributed by atoms with Gasteiger partial charge >= 0.3 is 6.18 Å². The normalized spacial score (nSPS) is 11.0. The molecule has 4 nitrogen and oxygen atoms in total. The van der Waals surface area contributed by atoms with Gasteiger partial charge in [-0.25, -0.2) is 0 Å². The summed E-state index contributed by atoms with van der Waals surface area (Å²) in [6.07, 6.45) is -1.38. The summed E-state index contributed by atoms with van der Waals surface area (Å²) in [5.41, 5.74) is -0.195. The number of halogens is 6. The van der Waals surface area contributed by atoms with Crippen molar-refractivity contribution in [2.75, 3.05) is 19.8 Å². The van der Waals surface area contributed by atoms with Crippen molar-refractivity contribution in [3.05, 3.63) is 33.3 Å². The van der Waals surface area contributed by atoms with E-state index in [2.05, 4.69) is 5.16 Å². The first kappa shape index (κ1) is 24.7. The zero-order chi connectivity index (χ0) is 21.2. The molecule has 1 rings (SSSR count). The lowest BCUT2D eigenvalue weighted by atomic mass is 10.1. The van der Waals surface area contributed by atoms with E-state index in [0.29, 0.717) is 25.9 Å². The van der Waals surface area contributed by atoms with E-state index in [1.807, 2.05) is 13.8 Å². The Labute approximate surface area is 177 Å². The minimum absolute atomic E-state index is 0.0517. The Morgan fingerprint density at radius 2 is 1.75 bits per heavy atom. The maximum absolute atomic E-state index is 13.4. The van der Waals surface area contributed by atoms with Crippen molar-refractivity contribution in [2.45, 2.75) is 39.3 Å². The van der Waals surface area contributed by atoms with Crippen LogP contribution in [0.1, 0.15) is 38.7 Å². The topological polar surface area (TPSA) is 40.0 Å². The van der Waals surface area contributed by atoms with Crippen molar-refractivity contribution in [3.8, 4) is 11.5 Å². The molecule has 0 N–H and O–H groups in total. The van der Waals surface area contributed by atoms with E-state index in [1.54, 1.807) is 0 Å². The van der Waals surface area contributed by atoms with Crippen LogP contribution in [0.25, 0.3) is 0 Å². The largest absolute Gasteiger partial charge is 0.491 e. The van der Waals surface area contributed by atoms with Crippen molar-refractivity contribution >= 4 is 40.5 Å². The fourth-order valence-electron chi connectivity index (χ4n) is 2.00. The van der Waals surface area contributed by atoms with E-state index >= 15 is 0 Å². The zero-order valence-electron chi connectivity index (χ0n) is 15.4. The number of hydrogen-bond donors (Lipinski definition) is 0. The molecule has 28 heavy (non-hydrogen) atoms. The van der Waals surface area contributed by atoms with E-state index < -0.39 is 17.5 Å². The van der Waals surface area contributed by atoms with Gasteiger partial charge in [0.15, 0.2) is 0 Å². The van der Waals surface area contributed by atoms with E-state index in [1.165, 1.54) is 12.1 Å². The molecule has 0 aromatic heterocycles. The smallest absolute Gasteiger partial charge is 0.420 e. The molecule has 0 amide bonds. The van der Waals surface area contributed by atoms with Crippen molar-refractivity contribution in [1.82, 2.24) is 0 Å². The number of unbranched alkanes of at least 4 members (excludes halogenated alkanes) is 2. The molecule has 0 aliphatic carbocycles. The number of alkyl halides is 3. The highest BCUT2D eigenvalue weighted by molar-refractivity contribution is 6.55. The van der Waals surface area contributed by atoms with Gasteiger partial charge in [-0.05, 0) is 45.3 Å². The molecule has 0 unspecified atom stereocenters. The van der Waals surface area contributed by atoms with Gasteiger partial charge < -0.3 is 14.3 Å². The minimum Gasteiger partial charge on any atom is -0.491 e. The number of oxime groups is 1. The fourth-order valence-corrected chi connectivity index (χ4v) is 2.39. The number of hydrogen-bond acceptors (Lipinski definition) is 4. The third kappa shape index (κ3) is 9.75. The molecule has 0 bridgehead atoms. The molecular formula is C18H21Cl3F3NO3. The molecule has 0 aliphatic heterocycles. The van der Waals surface area contributed by atoms with E-state index in [4.69, 9.17) is 49.1 Å². The highest BCUT2D eigenvalue weighted by atomic mass is 35.5. The molecule has 0 saturated carbocycles. The van der Waals surface area contributed by atoms with Gasteiger partial charge in [0.1, 0.15) is 34.8 Å². The first-order valence-corrected chi connectivity index (χ1v) is 9.55. The summed E-state index contributed by atoms with van der Waals surface area (Å²) in [4.78, 5) is 5.05. The van der Waals surface area contributed by atoms with E-state index in [-0.39, 0.29) is 28.5 Å². The molecule has 0 radical (unpaired) electrons. The Morgan fingerprint density at radius 1 is 1.07 bits per heavy atom. The summed E-state index contributed by atoms with van der Waals surface area (Å²) in [5.74, 6) is -0.491. The van der Waals surface area contributed by atoms with E-state index in [9.17, 15) is 13.2 Å². The van der Waals surface area contributed by atoms with Crippen LogP contribution in [-0.4, -0.2) is 25.5 Å². The average molecular weight is 463 g/mol. The summed E-state index contributed by atoms with van der Waals surface area (Å²) in [7, 11) is 0. The summed E-state index contributed by atoms with van der Waals surface area (Å²) in [5, 5.41) is 3.60. The third-order valence-corrected chi connectivity index (χ3v) is 3.77. The number of nitrogens with zero attached hydrogens (tertiary/aromatic N) is 1. The number of ether oxygens (including phenoxy) is 2. The van der Waals surface area contributed by atoms with Gasteiger partial charge in [-0.3, -0.25) is 0 Å². The number of rotatable bonds is 11. The predicted molar refractivity (Wildman–Crippen MR) is 106 cm³/mol. The predicted octanol–water partition coefficient (Wildman–Crippen LogP) is 7.02. The van der Waals surface area contributed by atoms with Crippen LogP contribution in [0.15, 0.2) is 27.9 Å². The monoisotopic (exact) mass is 461 g/mol. The molecular weight excluding hydrogens is 442 g/mol. The quantitative estimate of drug-likeness (QED) is 0.201. The fraction of sp³-hybridized carbons (Fsp3) is 0.500. The first-order valence-electron chi connectivity index (χ1n) is 8.42. The average Bonchev–Trinajstić information content (AvgIpc) is 2.56. The van der Waals surface area contributed by atoms with Crippen LogP contribution >= 0.6 is 34.8 Å². The van der Waals surface area contributed by atoms with Gasteiger partial charge in [0, 0.05) is 6.07 Å². The lowest BCUT2D eigenvalue weighted by Crippen LogP contribution is -2.11. The summed E-state index contributed by atoms with van der Waals surface area (Å²) >= 11 is 16.9. The first-order chi connectivity index (χ1) is 13.1. The Balaban J connectivity index is 2.66. The van der Waals surface area contributed by atoms with Gasteiger partial charge in [-0.1, -0.05) is 40.0 Å². The lowest BCUT2D eigenvalue weighted by molar-refractivity contribution is -0.139. The standard InChI is InChI=1S/C18H21Cl3F3NO3/c1-12(2)25-28-8-5-3-4-7-27-17-14(18(22,23)24)10-13(11-15(17)19)26-9-6-16(20)21/h6,10-11H,3-5,7-9H2,1-2H3. The van der Waals surface area contributed by atoms with Crippen LogP contribution in [0, 0.1) is 0 Å². The summed E-state index contributed by atoms with van der Waals surface area (Å²) in [6, 6.07) is 2.08. The van der Waals surface area contributed by atoms with Crippen LogP contribution in [0.5, 0.6) is 11.5 Å². The van der Waals surface area contributed by atoms with Gasteiger partial charge in [-0.2, -0.15) is 13.2 Å². The molecule has 1 aromatic carbocycles. The van der Waals surface area contributed by atoms with Gasteiger partial charge in [0.2, 0.25) is 0 Å². The molecule has 0 spiro atoms. The van der Waals surface area contributed by atoms with Crippen LogP contribution in [0.3, 0.4) is 0 Å². The second-order valence-corrected chi connectivity index (χ2v) is 7.28. The van der Waals surface area contributed by atoms with Crippen LogP contribution in [0.4, 0.5) is 13.2 Å². The Morgan fingerprint density at radius 3 is 2.36 bits per heavy atom. The minimum atomic E-state index is -4.65. The van der Waals surface area contributed by atoms with Crippen molar-refractivity contribution < 1.29 is 27.5 Å². The zero-order valence-corrected chi connectivity index (χ0v) is 17.7. The molecule has 1 aromatic rings. The summed E-state index contributed by atoms with van der Waals surface area (Å²) in [6.45, 7) is 4.06. The van der Waals surface area contributed by atoms with Crippen molar-refractivity contribution in [3.63, 3.8) is 0 Å². The molecule has 10 heteroatoms. The second kappa shape index (κ2) is 12.3. The maximum Gasteiger partial charge on any atom is 0.420 e. The van der Waals surface area contributed by atoms with E-state index in [0.717, 1.165) is 11.8 Å². The Bertz CT molecular complexity index is 687. The van der Waals surface area contributed by atoms with Gasteiger partial charge in [-0.15, -0.1) is 0 Å². The molecule has 0 heterocycles. The Kier molecular flexibility index (Phi) is 10.9. The molecule has 158 valence electrons. The Hall–Kier alpha value is -1.31. The number of benzene rings is 1. The third-order valence-electron chi connectivity index (χ3n) is 3.18. The molecule has 0 saturated heterocycles. The second-order valence-electron chi connectivity index (χ2n) is 5.87. The van der Waals surface area contributed by atoms with Crippen LogP contribution in [-0.2, 0) is 11.0 Å². The van der Waals surface area contributed by atoms with Crippen LogP contribution in [0.2, 0.25) is 5.02 Å². The van der Waals surface area contributed by atoms with Crippen molar-refractivity contribution in [2.24, 2.45) is 5.16 Å². The summed E-state index contributed by atoms with van der Waals surface area (Å²) < 4.78 is 50.5. The molecule has 0 atom stereocenters. The lowest BCUT2D eigenvalue weighted by Gasteiger charge is -2.17. The highest BCUT2D eigenvalue weighted by Crippen LogP contribution is 2.43. The van der Waals surface area contributed by atoms with Crippen molar-refractivity contribution in [1.29, 1.82) is 0 Å². The highest BCUT2D eigenvalue weighted by Gasteiger charge is 2.36. The van der Waals surface area contributed by atoms with Crippen LogP contribution < -0.4 is 9.47 Å². The maximum atomic E-state index is 13.4. The van der Waals surface area contributed by atoms with Gasteiger partial charge in [0.05, 0.1) is 17.3 Å².